The summed E-state index contributed by atoms with van der Waals surface area (Å²) in [5.41, 5.74) is 0.973. The third-order valence-electron chi connectivity index (χ3n) is 3.24. The van der Waals surface area contributed by atoms with Crippen LogP contribution in [0.3, 0.4) is 0 Å². The molecule has 82 valence electrons. The van der Waals surface area contributed by atoms with Gasteiger partial charge in [-0.15, -0.1) is 0 Å². The Labute approximate surface area is 96.1 Å². The summed E-state index contributed by atoms with van der Waals surface area (Å²) in [6, 6.07) is 4.49. The topological polar surface area (TPSA) is 24.9 Å². The Bertz CT molecular complexity index is 327. The van der Waals surface area contributed by atoms with Crippen LogP contribution in [0.4, 0.5) is 5.69 Å². The number of aromatic nitrogens is 1. The molecule has 0 aliphatic heterocycles. The highest BCUT2D eigenvalue weighted by molar-refractivity contribution is 6.31. The zero-order chi connectivity index (χ0) is 10.7. The molecule has 3 heteroatoms. The average molecular weight is 225 g/mol. The van der Waals surface area contributed by atoms with E-state index >= 15 is 0 Å². The molecular weight excluding hydrogens is 208 g/mol. The summed E-state index contributed by atoms with van der Waals surface area (Å²) in [5.74, 6) is 0.887. The van der Waals surface area contributed by atoms with Crippen LogP contribution in [0.1, 0.15) is 32.6 Å². The van der Waals surface area contributed by atoms with Crippen molar-refractivity contribution in [2.45, 2.75) is 38.6 Å². The fraction of sp³-hybridized carbons (Fsp3) is 0.583. The van der Waals surface area contributed by atoms with Gasteiger partial charge in [0.2, 0.25) is 0 Å². The molecule has 2 nitrogen and oxygen atoms in total. The highest BCUT2D eigenvalue weighted by Gasteiger charge is 2.23. The molecule has 0 radical (unpaired) electrons. The van der Waals surface area contributed by atoms with E-state index in [1.165, 1.54) is 25.7 Å². The van der Waals surface area contributed by atoms with Crippen molar-refractivity contribution in [1.82, 2.24) is 4.98 Å². The van der Waals surface area contributed by atoms with Gasteiger partial charge in [-0.3, -0.25) is 0 Å². The van der Waals surface area contributed by atoms with E-state index in [4.69, 9.17) is 11.6 Å². The second kappa shape index (κ2) is 4.84. The lowest BCUT2D eigenvalue weighted by atomic mass is 10.1. The highest BCUT2D eigenvalue weighted by Crippen LogP contribution is 2.31. The average Bonchev–Trinajstić information content (AvgIpc) is 2.69. The van der Waals surface area contributed by atoms with Crippen LogP contribution < -0.4 is 5.32 Å². The maximum absolute atomic E-state index is 6.00. The van der Waals surface area contributed by atoms with E-state index in [-0.39, 0.29) is 0 Å². The summed E-state index contributed by atoms with van der Waals surface area (Å²) in [5, 5.41) is 4.06. The fourth-order valence-corrected chi connectivity index (χ4v) is 2.46. The molecule has 1 N–H and O–H groups in total. The number of anilines is 1. The van der Waals surface area contributed by atoms with Crippen LogP contribution in [-0.4, -0.2) is 11.0 Å². The van der Waals surface area contributed by atoms with Crippen molar-refractivity contribution in [1.29, 1.82) is 0 Å². The van der Waals surface area contributed by atoms with Gasteiger partial charge in [0.15, 0.2) is 5.15 Å². The van der Waals surface area contributed by atoms with Gasteiger partial charge >= 0.3 is 0 Å². The Morgan fingerprint density at radius 2 is 2.40 bits per heavy atom. The zero-order valence-electron chi connectivity index (χ0n) is 9.04. The van der Waals surface area contributed by atoms with E-state index in [0.717, 1.165) is 11.6 Å². The summed E-state index contributed by atoms with van der Waals surface area (Å²) in [6.45, 7) is 2.27. The summed E-state index contributed by atoms with van der Waals surface area (Å²) >= 11 is 6.00. The Hall–Kier alpha value is -0.760. The summed E-state index contributed by atoms with van der Waals surface area (Å²) in [4.78, 5) is 4.06. The Morgan fingerprint density at radius 3 is 3.07 bits per heavy atom. The first kappa shape index (κ1) is 10.7. The number of hydrogen-bond donors (Lipinski definition) is 1. The van der Waals surface area contributed by atoms with Crippen LogP contribution >= 0.6 is 11.6 Å². The highest BCUT2D eigenvalue weighted by atomic mass is 35.5. The van der Waals surface area contributed by atoms with Gasteiger partial charge in [0, 0.05) is 12.2 Å². The first-order valence-corrected chi connectivity index (χ1v) is 6.04. The molecule has 0 bridgehead atoms. The number of hydrogen-bond acceptors (Lipinski definition) is 2. The molecule has 2 unspecified atom stereocenters. The quantitative estimate of drug-likeness (QED) is 0.792. The van der Waals surface area contributed by atoms with Crippen LogP contribution in [-0.2, 0) is 0 Å². The lowest BCUT2D eigenvalue weighted by Crippen LogP contribution is -2.15. The Kier molecular flexibility index (Phi) is 3.47. The van der Waals surface area contributed by atoms with Crippen molar-refractivity contribution in [2.24, 2.45) is 5.92 Å². The summed E-state index contributed by atoms with van der Waals surface area (Å²) in [6.07, 6.45) is 6.87. The molecule has 0 saturated heterocycles. The molecule has 2 rings (SSSR count). The molecule has 1 fully saturated rings. The third kappa shape index (κ3) is 2.63. The lowest BCUT2D eigenvalue weighted by molar-refractivity contribution is 0.525. The van der Waals surface area contributed by atoms with E-state index in [2.05, 4.69) is 17.2 Å². The smallest absolute Gasteiger partial charge is 0.152 e. The van der Waals surface area contributed by atoms with Crippen molar-refractivity contribution in [3.05, 3.63) is 23.5 Å². The third-order valence-corrected chi connectivity index (χ3v) is 3.54. The largest absolute Gasteiger partial charge is 0.380 e. The van der Waals surface area contributed by atoms with Gasteiger partial charge in [0.05, 0.1) is 5.69 Å². The number of nitrogens with zero attached hydrogens (tertiary/aromatic N) is 1. The predicted molar refractivity (Wildman–Crippen MR) is 64.3 cm³/mol. The van der Waals surface area contributed by atoms with E-state index in [1.807, 2.05) is 12.1 Å². The molecular formula is C12H17ClN2. The van der Waals surface area contributed by atoms with Crippen LogP contribution in [0.2, 0.25) is 5.15 Å². The van der Waals surface area contributed by atoms with E-state index in [0.29, 0.717) is 11.2 Å². The standard InChI is InChI=1S/C12H17ClN2/c1-2-9-5-6-10(8-9)15-11-4-3-7-14-12(11)13/h3-4,7,9-10,15H,2,5-6,8H2,1H3. The fourth-order valence-electron chi connectivity index (χ4n) is 2.29. The first-order chi connectivity index (χ1) is 7.29. The normalized spacial score (nSPS) is 25.5. The van der Waals surface area contributed by atoms with Gasteiger partial charge in [0.1, 0.15) is 0 Å². The van der Waals surface area contributed by atoms with Crippen LogP contribution in [0.25, 0.3) is 0 Å². The summed E-state index contributed by atoms with van der Waals surface area (Å²) < 4.78 is 0. The Balaban J connectivity index is 1.96. The first-order valence-electron chi connectivity index (χ1n) is 5.66. The SMILES string of the molecule is CCC1CCC(Nc2cccnc2Cl)C1. The number of pyridine rings is 1. The van der Waals surface area contributed by atoms with Crippen LogP contribution in [0.5, 0.6) is 0 Å². The van der Waals surface area contributed by atoms with Crippen molar-refractivity contribution >= 4 is 17.3 Å². The van der Waals surface area contributed by atoms with Crippen LogP contribution in [0, 0.1) is 5.92 Å². The van der Waals surface area contributed by atoms with E-state index < -0.39 is 0 Å². The molecule has 1 aromatic rings. The lowest BCUT2D eigenvalue weighted by Gasteiger charge is -2.14. The molecule has 2 atom stereocenters. The minimum absolute atomic E-state index is 0.580. The number of halogens is 1. The molecule has 0 amide bonds. The van der Waals surface area contributed by atoms with Crippen molar-refractivity contribution in [3.8, 4) is 0 Å². The van der Waals surface area contributed by atoms with Gasteiger partial charge in [-0.1, -0.05) is 24.9 Å². The molecule has 0 spiro atoms. The van der Waals surface area contributed by atoms with Crippen molar-refractivity contribution in [2.75, 3.05) is 5.32 Å². The number of nitrogens with one attached hydrogen (secondary N) is 1. The molecule has 15 heavy (non-hydrogen) atoms. The van der Waals surface area contributed by atoms with Crippen molar-refractivity contribution in [3.63, 3.8) is 0 Å². The van der Waals surface area contributed by atoms with Gasteiger partial charge in [-0.2, -0.15) is 0 Å². The number of rotatable bonds is 3. The molecule has 0 aromatic carbocycles. The van der Waals surface area contributed by atoms with Gasteiger partial charge < -0.3 is 5.32 Å². The maximum Gasteiger partial charge on any atom is 0.152 e. The van der Waals surface area contributed by atoms with Gasteiger partial charge in [-0.05, 0) is 37.3 Å². The van der Waals surface area contributed by atoms with E-state index in [9.17, 15) is 0 Å². The zero-order valence-corrected chi connectivity index (χ0v) is 9.80. The second-order valence-corrected chi connectivity index (χ2v) is 4.63. The minimum atomic E-state index is 0.580. The minimum Gasteiger partial charge on any atom is -0.380 e. The molecule has 1 saturated carbocycles. The second-order valence-electron chi connectivity index (χ2n) is 4.27. The van der Waals surface area contributed by atoms with Crippen molar-refractivity contribution < 1.29 is 0 Å². The molecule has 1 aliphatic rings. The van der Waals surface area contributed by atoms with E-state index in [1.54, 1.807) is 6.20 Å². The molecule has 1 heterocycles. The van der Waals surface area contributed by atoms with Crippen LogP contribution in [0.15, 0.2) is 18.3 Å². The molecule has 1 aromatic heterocycles. The maximum atomic E-state index is 6.00. The Morgan fingerprint density at radius 1 is 1.53 bits per heavy atom. The monoisotopic (exact) mass is 224 g/mol. The van der Waals surface area contributed by atoms with Gasteiger partial charge in [-0.25, -0.2) is 4.98 Å². The van der Waals surface area contributed by atoms with Gasteiger partial charge in [0.25, 0.3) is 0 Å². The summed E-state index contributed by atoms with van der Waals surface area (Å²) in [7, 11) is 0. The predicted octanol–water partition coefficient (Wildman–Crippen LogP) is 3.73. The molecule has 1 aliphatic carbocycles.